The summed E-state index contributed by atoms with van der Waals surface area (Å²) in [6.07, 6.45) is 1.22. The molecule has 0 spiro atoms. The van der Waals surface area contributed by atoms with Gasteiger partial charge in [-0.25, -0.2) is 17.9 Å². The van der Waals surface area contributed by atoms with Crippen molar-refractivity contribution < 1.29 is 18.3 Å². The van der Waals surface area contributed by atoms with Crippen molar-refractivity contribution >= 4 is 33.4 Å². The molecular weight excluding hydrogens is 330 g/mol. The number of carboxylic acid groups (broad SMARTS) is 1. The largest absolute Gasteiger partial charge is 0.477 e. The van der Waals surface area contributed by atoms with Gasteiger partial charge in [0.15, 0.2) is 11.5 Å². The molecule has 1 aliphatic rings. The Morgan fingerprint density at radius 1 is 1.32 bits per heavy atom. The van der Waals surface area contributed by atoms with Crippen molar-refractivity contribution in [3.8, 4) is 5.69 Å². The maximum absolute atomic E-state index is 11.9. The minimum atomic E-state index is -3.50. The van der Waals surface area contributed by atoms with Gasteiger partial charge in [-0.05, 0) is 37.1 Å². The molecular formula is C13H12ClN3O4S. The monoisotopic (exact) mass is 341 g/mol. The molecule has 116 valence electrons. The number of nitrogens with one attached hydrogen (secondary N) is 1. The zero-order valence-corrected chi connectivity index (χ0v) is 12.8. The second-order valence-electron chi connectivity index (χ2n) is 4.95. The summed E-state index contributed by atoms with van der Waals surface area (Å²) < 4.78 is 27.3. The lowest BCUT2D eigenvalue weighted by Gasteiger charge is -2.04. The lowest BCUT2D eigenvalue weighted by Crippen LogP contribution is -2.17. The molecule has 0 unspecified atom stereocenters. The van der Waals surface area contributed by atoms with Crippen LogP contribution in [0.15, 0.2) is 30.3 Å². The fourth-order valence-corrected chi connectivity index (χ4v) is 3.41. The van der Waals surface area contributed by atoms with Crippen LogP contribution in [0.2, 0.25) is 5.02 Å². The van der Waals surface area contributed by atoms with Gasteiger partial charge in [-0.1, -0.05) is 11.6 Å². The summed E-state index contributed by atoms with van der Waals surface area (Å²) in [5.74, 6) is -1.22. The molecule has 1 fully saturated rings. The highest BCUT2D eigenvalue weighted by Crippen LogP contribution is 2.29. The van der Waals surface area contributed by atoms with E-state index in [1.807, 2.05) is 0 Å². The third-order valence-electron chi connectivity index (χ3n) is 3.21. The smallest absolute Gasteiger partial charge is 0.354 e. The number of hydrogen-bond acceptors (Lipinski definition) is 4. The maximum atomic E-state index is 11.9. The molecule has 1 aromatic heterocycles. The number of hydrogen-bond donors (Lipinski definition) is 2. The van der Waals surface area contributed by atoms with Crippen molar-refractivity contribution in [2.45, 2.75) is 18.1 Å². The Hall–Kier alpha value is -2.06. The Labute approximate surface area is 131 Å². The molecule has 22 heavy (non-hydrogen) atoms. The molecule has 9 heteroatoms. The van der Waals surface area contributed by atoms with Gasteiger partial charge in [-0.15, -0.1) is 5.10 Å². The first kappa shape index (κ1) is 14.9. The highest BCUT2D eigenvalue weighted by atomic mass is 35.5. The average Bonchev–Trinajstić information content (AvgIpc) is 3.22. The highest BCUT2D eigenvalue weighted by Gasteiger charge is 2.36. The van der Waals surface area contributed by atoms with Crippen LogP contribution in [-0.4, -0.2) is 34.5 Å². The molecule has 1 aromatic carbocycles. The Balaban J connectivity index is 1.99. The van der Waals surface area contributed by atoms with Crippen LogP contribution in [-0.2, 0) is 10.0 Å². The van der Waals surface area contributed by atoms with Crippen molar-refractivity contribution in [1.29, 1.82) is 0 Å². The standard InChI is InChI=1S/C13H12ClN3O4S/c14-8-1-3-9(4-2-8)17-11(13(18)19)7-12(15-17)16-22(20,21)10-5-6-10/h1-4,7,10H,5-6H2,(H,15,16)(H,18,19). The second kappa shape index (κ2) is 5.29. The number of carbonyl (C=O) groups is 1. The maximum Gasteiger partial charge on any atom is 0.354 e. The van der Waals surface area contributed by atoms with Gasteiger partial charge in [0, 0.05) is 11.1 Å². The van der Waals surface area contributed by atoms with Crippen LogP contribution in [0.25, 0.3) is 5.69 Å². The van der Waals surface area contributed by atoms with E-state index >= 15 is 0 Å². The van der Waals surface area contributed by atoms with E-state index in [2.05, 4.69) is 9.82 Å². The Kier molecular flexibility index (Phi) is 3.57. The van der Waals surface area contributed by atoms with Crippen molar-refractivity contribution in [2.24, 2.45) is 0 Å². The summed E-state index contributed by atoms with van der Waals surface area (Å²) in [5, 5.41) is 13.4. The van der Waals surface area contributed by atoms with E-state index in [1.165, 1.54) is 6.07 Å². The molecule has 1 saturated carbocycles. The number of halogens is 1. The first-order chi connectivity index (χ1) is 10.4. The zero-order valence-electron chi connectivity index (χ0n) is 11.2. The molecule has 0 radical (unpaired) electrons. The first-order valence-electron chi connectivity index (χ1n) is 6.48. The van der Waals surface area contributed by atoms with Crippen LogP contribution in [0.4, 0.5) is 5.82 Å². The fraction of sp³-hybridized carbons (Fsp3) is 0.231. The third kappa shape index (κ3) is 2.93. The molecule has 0 aliphatic heterocycles. The van der Waals surface area contributed by atoms with Gasteiger partial charge < -0.3 is 5.11 Å². The first-order valence-corrected chi connectivity index (χ1v) is 8.40. The topological polar surface area (TPSA) is 101 Å². The van der Waals surface area contributed by atoms with Crippen molar-refractivity contribution in [1.82, 2.24) is 9.78 Å². The molecule has 1 heterocycles. The summed E-state index contributed by atoms with van der Waals surface area (Å²) >= 11 is 5.80. The van der Waals surface area contributed by atoms with Crippen LogP contribution >= 0.6 is 11.6 Å². The van der Waals surface area contributed by atoms with Gasteiger partial charge in [-0.2, -0.15) is 0 Å². The third-order valence-corrected chi connectivity index (χ3v) is 5.30. The molecule has 2 N–H and O–H groups in total. The van der Waals surface area contributed by atoms with E-state index < -0.39 is 21.2 Å². The van der Waals surface area contributed by atoms with Crippen LogP contribution in [0.3, 0.4) is 0 Å². The van der Waals surface area contributed by atoms with Crippen molar-refractivity contribution in [3.05, 3.63) is 41.0 Å². The van der Waals surface area contributed by atoms with Crippen molar-refractivity contribution in [3.63, 3.8) is 0 Å². The summed E-state index contributed by atoms with van der Waals surface area (Å²) in [6.45, 7) is 0. The zero-order chi connectivity index (χ0) is 15.9. The predicted molar refractivity (Wildman–Crippen MR) is 81.1 cm³/mol. The van der Waals surface area contributed by atoms with Gasteiger partial charge in [0.2, 0.25) is 10.0 Å². The summed E-state index contributed by atoms with van der Waals surface area (Å²) in [7, 11) is -3.50. The molecule has 2 aromatic rings. The lowest BCUT2D eigenvalue weighted by atomic mass is 10.3. The van der Waals surface area contributed by atoms with Gasteiger partial charge in [0.05, 0.1) is 10.9 Å². The number of aromatic nitrogens is 2. The second-order valence-corrected chi connectivity index (χ2v) is 7.35. The number of rotatable bonds is 5. The van der Waals surface area contributed by atoms with Crippen LogP contribution in [0, 0.1) is 0 Å². The van der Waals surface area contributed by atoms with E-state index in [0.29, 0.717) is 23.6 Å². The highest BCUT2D eigenvalue weighted by molar-refractivity contribution is 7.93. The van der Waals surface area contributed by atoms with Gasteiger partial charge in [0.25, 0.3) is 0 Å². The van der Waals surface area contributed by atoms with E-state index in [-0.39, 0.29) is 11.5 Å². The Morgan fingerprint density at radius 3 is 2.50 bits per heavy atom. The summed E-state index contributed by atoms with van der Waals surface area (Å²) in [5.41, 5.74) is 0.328. The fourth-order valence-electron chi connectivity index (χ4n) is 1.97. The van der Waals surface area contributed by atoms with E-state index in [9.17, 15) is 18.3 Å². The molecule has 0 saturated heterocycles. The minimum Gasteiger partial charge on any atom is -0.477 e. The molecule has 0 bridgehead atoms. The molecule has 3 rings (SSSR count). The van der Waals surface area contributed by atoms with Gasteiger partial charge in [0.1, 0.15) is 0 Å². The number of carboxylic acids is 1. The van der Waals surface area contributed by atoms with E-state index in [1.54, 1.807) is 24.3 Å². The normalized spacial score (nSPS) is 14.8. The summed E-state index contributed by atoms with van der Waals surface area (Å²) in [6, 6.07) is 7.58. The predicted octanol–water partition coefficient (Wildman–Crippen LogP) is 2.13. The summed E-state index contributed by atoms with van der Waals surface area (Å²) in [4.78, 5) is 11.3. The molecule has 0 atom stereocenters. The number of sulfonamides is 1. The number of anilines is 1. The number of nitrogens with zero attached hydrogens (tertiary/aromatic N) is 2. The quantitative estimate of drug-likeness (QED) is 0.867. The molecule has 0 amide bonds. The number of aromatic carboxylic acids is 1. The molecule has 7 nitrogen and oxygen atoms in total. The van der Waals surface area contributed by atoms with Crippen LogP contribution in [0.1, 0.15) is 23.3 Å². The Bertz CT molecular complexity index is 825. The average molecular weight is 342 g/mol. The SMILES string of the molecule is O=C(O)c1cc(NS(=O)(=O)C2CC2)nn1-c1ccc(Cl)cc1. The minimum absolute atomic E-state index is 0.0146. The van der Waals surface area contributed by atoms with E-state index in [0.717, 1.165) is 4.68 Å². The van der Waals surface area contributed by atoms with Crippen LogP contribution in [0.5, 0.6) is 0 Å². The van der Waals surface area contributed by atoms with E-state index in [4.69, 9.17) is 11.6 Å². The Morgan fingerprint density at radius 2 is 1.95 bits per heavy atom. The molecule has 1 aliphatic carbocycles. The van der Waals surface area contributed by atoms with Crippen molar-refractivity contribution in [2.75, 3.05) is 4.72 Å². The lowest BCUT2D eigenvalue weighted by molar-refractivity contribution is 0.0687. The van der Waals surface area contributed by atoms with Gasteiger partial charge in [-0.3, -0.25) is 4.72 Å². The van der Waals surface area contributed by atoms with Crippen LogP contribution < -0.4 is 4.72 Å². The van der Waals surface area contributed by atoms with Gasteiger partial charge >= 0.3 is 5.97 Å². The number of benzene rings is 1.